The Hall–Kier alpha value is -3.74. The third-order valence-corrected chi connectivity index (χ3v) is 4.48. The first kappa shape index (κ1) is 20.0. The van der Waals surface area contributed by atoms with Crippen LogP contribution in [0.4, 0.5) is 0 Å². The number of carbonyl (C=O) groups is 2. The Morgan fingerprint density at radius 3 is 2.52 bits per heavy atom. The van der Waals surface area contributed by atoms with Crippen molar-refractivity contribution >= 4 is 28.4 Å². The molecule has 0 unspecified atom stereocenters. The number of hydrogen-bond acceptors (Lipinski definition) is 5. The molecule has 0 fully saturated rings. The van der Waals surface area contributed by atoms with E-state index in [4.69, 9.17) is 19.0 Å². The Bertz CT molecular complexity index is 1100. The topological polar surface area (TPSA) is 98.0 Å². The summed E-state index contributed by atoms with van der Waals surface area (Å²) in [5.41, 5.74) is 3.69. The number of carboxylic acids is 1. The van der Waals surface area contributed by atoms with Crippen LogP contribution in [0.25, 0.3) is 27.7 Å². The molecule has 2 N–H and O–H groups in total. The first-order chi connectivity index (χ1) is 13.9. The Kier molecular flexibility index (Phi) is 5.87. The maximum Gasteiger partial charge on any atom is 0.322 e. The van der Waals surface area contributed by atoms with Crippen LogP contribution in [0.5, 0.6) is 11.5 Å². The van der Waals surface area contributed by atoms with Crippen molar-refractivity contribution in [2.75, 3.05) is 20.8 Å². The van der Waals surface area contributed by atoms with E-state index in [-0.39, 0.29) is 0 Å². The number of ether oxygens (including phenoxy) is 2. The van der Waals surface area contributed by atoms with Gasteiger partial charge in [-0.05, 0) is 24.6 Å². The molecule has 0 atom stereocenters. The highest BCUT2D eigenvalue weighted by atomic mass is 16.5. The summed E-state index contributed by atoms with van der Waals surface area (Å²) in [5, 5.41) is 11.8. The summed E-state index contributed by atoms with van der Waals surface area (Å²) < 4.78 is 16.7. The molecule has 0 radical (unpaired) electrons. The molecule has 2 aromatic carbocycles. The molecule has 1 heterocycles. The normalized spacial score (nSPS) is 11.3. The van der Waals surface area contributed by atoms with E-state index in [1.807, 2.05) is 30.3 Å². The average molecular weight is 395 g/mol. The summed E-state index contributed by atoms with van der Waals surface area (Å²) in [6, 6.07) is 11.3. The molecule has 0 spiro atoms. The second-order valence-corrected chi connectivity index (χ2v) is 6.34. The average Bonchev–Trinajstić information content (AvgIpc) is 3.13. The Balaban J connectivity index is 2.08. The number of carboxylic acid groups (broad SMARTS) is 1. The van der Waals surface area contributed by atoms with Crippen molar-refractivity contribution in [3.8, 4) is 22.6 Å². The Morgan fingerprint density at radius 1 is 1.10 bits per heavy atom. The lowest BCUT2D eigenvalue weighted by Crippen LogP contribution is -2.27. The lowest BCUT2D eigenvalue weighted by atomic mass is 9.99. The highest BCUT2D eigenvalue weighted by Crippen LogP contribution is 2.40. The van der Waals surface area contributed by atoms with Crippen LogP contribution in [-0.4, -0.2) is 37.7 Å². The molecule has 0 saturated heterocycles. The standard InChI is InChI=1S/C22H21NO6/c1-13(8-21(24)23-11-22(25)26)15-9-16-17(12-29-20(16)10-19(15)28-3)14-6-4-5-7-18(14)27-2/h4-10,12H,11H2,1-3H3,(H,23,24)(H,25,26)/b13-8+. The van der Waals surface area contributed by atoms with Crippen LogP contribution in [-0.2, 0) is 9.59 Å². The number of amides is 1. The number of para-hydroxylation sites is 1. The number of benzene rings is 2. The fraction of sp³-hybridized carbons (Fsp3) is 0.182. The van der Waals surface area contributed by atoms with Gasteiger partial charge < -0.3 is 24.3 Å². The molecule has 1 amide bonds. The predicted molar refractivity (Wildman–Crippen MR) is 109 cm³/mol. The van der Waals surface area contributed by atoms with E-state index in [0.29, 0.717) is 28.2 Å². The maximum atomic E-state index is 12.0. The summed E-state index contributed by atoms with van der Waals surface area (Å²) in [5.74, 6) is -0.349. The summed E-state index contributed by atoms with van der Waals surface area (Å²) in [4.78, 5) is 22.6. The van der Waals surface area contributed by atoms with Gasteiger partial charge in [0.2, 0.25) is 5.91 Å². The van der Waals surface area contributed by atoms with Gasteiger partial charge in [-0.15, -0.1) is 0 Å². The van der Waals surface area contributed by atoms with Crippen LogP contribution in [0.2, 0.25) is 0 Å². The van der Waals surface area contributed by atoms with E-state index < -0.39 is 18.4 Å². The molecule has 0 aliphatic carbocycles. The van der Waals surface area contributed by atoms with Crippen molar-refractivity contribution in [1.29, 1.82) is 0 Å². The summed E-state index contributed by atoms with van der Waals surface area (Å²) in [7, 11) is 3.14. The zero-order valence-corrected chi connectivity index (χ0v) is 16.3. The number of nitrogens with one attached hydrogen (secondary N) is 1. The number of allylic oxidation sites excluding steroid dienone is 1. The van der Waals surface area contributed by atoms with Gasteiger partial charge in [-0.1, -0.05) is 18.2 Å². The minimum atomic E-state index is -1.11. The molecular weight excluding hydrogens is 374 g/mol. The van der Waals surface area contributed by atoms with Gasteiger partial charge >= 0.3 is 5.97 Å². The molecule has 150 valence electrons. The second-order valence-electron chi connectivity index (χ2n) is 6.34. The molecule has 3 rings (SSSR count). The van der Waals surface area contributed by atoms with Gasteiger partial charge in [0.15, 0.2) is 0 Å². The third kappa shape index (κ3) is 4.24. The summed E-state index contributed by atoms with van der Waals surface area (Å²) >= 11 is 0. The number of rotatable bonds is 7. The predicted octanol–water partition coefficient (Wildman–Crippen LogP) is 3.72. The van der Waals surface area contributed by atoms with Crippen molar-refractivity contribution in [3.05, 3.63) is 54.3 Å². The highest BCUT2D eigenvalue weighted by Gasteiger charge is 2.17. The summed E-state index contributed by atoms with van der Waals surface area (Å²) in [6.45, 7) is 1.31. The molecule has 7 heteroatoms. The number of aliphatic carboxylic acids is 1. The Morgan fingerprint density at radius 2 is 1.83 bits per heavy atom. The SMILES string of the molecule is COc1cc2occ(-c3ccccc3OC)c2cc1/C(C)=C/C(=O)NCC(=O)O. The smallest absolute Gasteiger partial charge is 0.322 e. The van der Waals surface area contributed by atoms with Crippen molar-refractivity contribution < 1.29 is 28.6 Å². The number of methoxy groups -OCH3 is 2. The Labute approximate surface area is 167 Å². The van der Waals surface area contributed by atoms with Crippen LogP contribution in [0.1, 0.15) is 12.5 Å². The molecule has 29 heavy (non-hydrogen) atoms. The van der Waals surface area contributed by atoms with Crippen LogP contribution >= 0.6 is 0 Å². The van der Waals surface area contributed by atoms with Crippen LogP contribution in [0.3, 0.4) is 0 Å². The number of hydrogen-bond donors (Lipinski definition) is 2. The van der Waals surface area contributed by atoms with E-state index in [1.54, 1.807) is 26.4 Å². The van der Waals surface area contributed by atoms with Crippen LogP contribution in [0.15, 0.2) is 53.2 Å². The monoisotopic (exact) mass is 395 g/mol. The first-order valence-corrected chi connectivity index (χ1v) is 8.85. The highest BCUT2D eigenvalue weighted by molar-refractivity contribution is 6.01. The minimum absolute atomic E-state index is 0.446. The van der Waals surface area contributed by atoms with E-state index >= 15 is 0 Å². The molecule has 0 saturated carbocycles. The molecule has 3 aromatic rings. The van der Waals surface area contributed by atoms with Gasteiger partial charge in [0.05, 0.1) is 20.5 Å². The van der Waals surface area contributed by atoms with Gasteiger partial charge in [0, 0.05) is 34.2 Å². The minimum Gasteiger partial charge on any atom is -0.496 e. The fourth-order valence-corrected chi connectivity index (χ4v) is 3.10. The quantitative estimate of drug-likeness (QED) is 0.592. The first-order valence-electron chi connectivity index (χ1n) is 8.85. The molecule has 0 aliphatic heterocycles. The summed E-state index contributed by atoms with van der Waals surface area (Å²) in [6.07, 6.45) is 3.00. The van der Waals surface area contributed by atoms with Crippen molar-refractivity contribution in [3.63, 3.8) is 0 Å². The third-order valence-electron chi connectivity index (χ3n) is 4.48. The second kappa shape index (κ2) is 8.52. The van der Waals surface area contributed by atoms with Crippen molar-refractivity contribution in [2.24, 2.45) is 0 Å². The van der Waals surface area contributed by atoms with Gasteiger partial charge in [0.1, 0.15) is 23.6 Å². The molecule has 7 nitrogen and oxygen atoms in total. The number of fused-ring (bicyclic) bond motifs is 1. The molecule has 1 aromatic heterocycles. The largest absolute Gasteiger partial charge is 0.496 e. The zero-order chi connectivity index (χ0) is 21.0. The fourth-order valence-electron chi connectivity index (χ4n) is 3.10. The van der Waals surface area contributed by atoms with Gasteiger partial charge in [-0.2, -0.15) is 0 Å². The van der Waals surface area contributed by atoms with Crippen LogP contribution in [0, 0.1) is 0 Å². The number of furan rings is 1. The molecule has 0 aliphatic rings. The zero-order valence-electron chi connectivity index (χ0n) is 16.3. The lowest BCUT2D eigenvalue weighted by molar-refractivity contribution is -0.137. The number of carbonyl (C=O) groups excluding carboxylic acids is 1. The van der Waals surface area contributed by atoms with Crippen molar-refractivity contribution in [2.45, 2.75) is 6.92 Å². The van der Waals surface area contributed by atoms with E-state index in [9.17, 15) is 9.59 Å². The van der Waals surface area contributed by atoms with Gasteiger partial charge in [-0.25, -0.2) is 0 Å². The van der Waals surface area contributed by atoms with E-state index in [2.05, 4.69) is 5.32 Å². The molecular formula is C22H21NO6. The lowest BCUT2D eigenvalue weighted by Gasteiger charge is -2.11. The van der Waals surface area contributed by atoms with E-state index in [0.717, 1.165) is 16.5 Å². The van der Waals surface area contributed by atoms with Crippen LogP contribution < -0.4 is 14.8 Å². The maximum absolute atomic E-state index is 12.0. The van der Waals surface area contributed by atoms with Crippen molar-refractivity contribution in [1.82, 2.24) is 5.32 Å². The molecule has 0 bridgehead atoms. The van der Waals surface area contributed by atoms with Gasteiger partial charge in [0.25, 0.3) is 0 Å². The van der Waals surface area contributed by atoms with E-state index in [1.165, 1.54) is 13.2 Å². The van der Waals surface area contributed by atoms with Gasteiger partial charge in [-0.3, -0.25) is 9.59 Å².